The topological polar surface area (TPSA) is 36.4 Å². The molecule has 15 heavy (non-hydrogen) atoms. The van der Waals surface area contributed by atoms with Crippen molar-refractivity contribution in [3.63, 3.8) is 0 Å². The van der Waals surface area contributed by atoms with Crippen molar-refractivity contribution < 1.29 is 5.02 Å². The first kappa shape index (κ1) is 10.6. The van der Waals surface area contributed by atoms with Crippen LogP contribution in [0.5, 0.6) is 0 Å². The number of pyridine rings is 1. The summed E-state index contributed by atoms with van der Waals surface area (Å²) in [6.07, 6.45) is 6.02. The Morgan fingerprint density at radius 2 is 2.20 bits per heavy atom. The Balaban J connectivity index is 1.94. The van der Waals surface area contributed by atoms with Crippen LogP contribution in [0.15, 0.2) is 24.5 Å². The van der Waals surface area contributed by atoms with Gasteiger partial charge in [-0.25, -0.2) is 0 Å². The van der Waals surface area contributed by atoms with Gasteiger partial charge in [-0.1, -0.05) is 6.07 Å². The van der Waals surface area contributed by atoms with Gasteiger partial charge in [0, 0.05) is 12.4 Å². The van der Waals surface area contributed by atoms with E-state index in [4.69, 9.17) is 0 Å². The van der Waals surface area contributed by atoms with Gasteiger partial charge in [0.05, 0.1) is 0 Å². The van der Waals surface area contributed by atoms with Crippen LogP contribution in [0, 0.1) is 0 Å². The lowest BCUT2D eigenvalue weighted by Gasteiger charge is -2.32. The van der Waals surface area contributed by atoms with Crippen LogP contribution in [0.4, 0.5) is 0 Å². The van der Waals surface area contributed by atoms with Crippen molar-refractivity contribution in [1.82, 2.24) is 9.79 Å². The molecule has 0 aromatic carbocycles. The van der Waals surface area contributed by atoms with Crippen LogP contribution >= 0.6 is 0 Å². The van der Waals surface area contributed by atoms with Crippen LogP contribution in [-0.2, 0) is 0 Å². The molecular weight excluding hydrogens is 187 g/mol. The van der Waals surface area contributed by atoms with Gasteiger partial charge in [-0.15, -0.1) is 0 Å². The highest BCUT2D eigenvalue weighted by molar-refractivity contribution is 6.45. The molecule has 1 aliphatic heterocycles. The fraction of sp³-hybridized carbons (Fsp3) is 0.545. The maximum atomic E-state index is 9.45. The summed E-state index contributed by atoms with van der Waals surface area (Å²) in [6.45, 7) is 3.80. The first-order chi connectivity index (χ1) is 7.27. The van der Waals surface area contributed by atoms with E-state index >= 15 is 0 Å². The van der Waals surface area contributed by atoms with Gasteiger partial charge in [-0.3, -0.25) is 4.98 Å². The molecule has 3 nitrogen and oxygen atoms in total. The lowest BCUT2D eigenvalue weighted by atomic mass is 9.80. The minimum Gasteiger partial charge on any atom is -0.437 e. The van der Waals surface area contributed by atoms with Gasteiger partial charge in [0.2, 0.25) is 0 Å². The largest absolute Gasteiger partial charge is 0.437 e. The van der Waals surface area contributed by atoms with Crippen LogP contribution in [0.2, 0.25) is 6.82 Å². The number of aromatic nitrogens is 1. The number of piperidine rings is 1. The number of hydrogen-bond donors (Lipinski definition) is 1. The van der Waals surface area contributed by atoms with Gasteiger partial charge in [-0.05, 0) is 50.3 Å². The van der Waals surface area contributed by atoms with Crippen molar-refractivity contribution in [3.8, 4) is 0 Å². The Labute approximate surface area is 91.3 Å². The van der Waals surface area contributed by atoms with Crippen molar-refractivity contribution >= 4 is 7.05 Å². The molecule has 0 bridgehead atoms. The first-order valence-corrected chi connectivity index (χ1v) is 5.59. The van der Waals surface area contributed by atoms with Crippen molar-refractivity contribution in [2.24, 2.45) is 0 Å². The second-order valence-corrected chi connectivity index (χ2v) is 4.23. The molecule has 1 aromatic heterocycles. The molecule has 1 N–H and O–H groups in total. The average molecular weight is 204 g/mol. The highest BCUT2D eigenvalue weighted by Crippen LogP contribution is 2.27. The summed E-state index contributed by atoms with van der Waals surface area (Å²) in [7, 11) is -0.306. The fourth-order valence-electron chi connectivity index (χ4n) is 2.22. The molecule has 0 saturated carbocycles. The lowest BCUT2D eigenvalue weighted by Crippen LogP contribution is -2.42. The zero-order valence-electron chi connectivity index (χ0n) is 9.13. The molecule has 4 heteroatoms. The highest BCUT2D eigenvalue weighted by atomic mass is 16.2. The standard InChI is InChI=1S/C11H17BN2O/c1-12(15)14-7-4-10(5-8-14)11-3-2-6-13-9-11/h2-3,6,9-10,15H,4-5,7-8H2,1H3. The van der Waals surface area contributed by atoms with E-state index in [9.17, 15) is 5.02 Å². The summed E-state index contributed by atoms with van der Waals surface area (Å²) < 4.78 is 0. The molecule has 0 atom stereocenters. The van der Waals surface area contributed by atoms with E-state index in [0.29, 0.717) is 5.92 Å². The second-order valence-electron chi connectivity index (χ2n) is 4.23. The normalized spacial score (nSPS) is 19.1. The highest BCUT2D eigenvalue weighted by Gasteiger charge is 2.24. The second kappa shape index (κ2) is 4.77. The van der Waals surface area contributed by atoms with Crippen LogP contribution in [-0.4, -0.2) is 35.0 Å². The zero-order valence-corrected chi connectivity index (χ0v) is 9.13. The zero-order chi connectivity index (χ0) is 10.7. The van der Waals surface area contributed by atoms with E-state index in [1.807, 2.05) is 25.3 Å². The van der Waals surface area contributed by atoms with E-state index < -0.39 is 0 Å². The van der Waals surface area contributed by atoms with Crippen LogP contribution < -0.4 is 0 Å². The Kier molecular flexibility index (Phi) is 3.39. The molecule has 80 valence electrons. The van der Waals surface area contributed by atoms with Gasteiger partial charge in [0.1, 0.15) is 0 Å². The Morgan fingerprint density at radius 3 is 2.73 bits per heavy atom. The summed E-state index contributed by atoms with van der Waals surface area (Å²) >= 11 is 0. The number of rotatable bonds is 2. The summed E-state index contributed by atoms with van der Waals surface area (Å²) in [5.74, 6) is 0.619. The first-order valence-electron chi connectivity index (χ1n) is 5.59. The van der Waals surface area contributed by atoms with Gasteiger partial charge in [0.15, 0.2) is 0 Å². The minimum atomic E-state index is -0.306. The SMILES string of the molecule is CB(O)N1CCC(c2cccnc2)CC1. The quantitative estimate of drug-likeness (QED) is 0.739. The Bertz CT molecular complexity index is 297. The fourth-order valence-corrected chi connectivity index (χ4v) is 2.22. The van der Waals surface area contributed by atoms with E-state index in [0.717, 1.165) is 25.9 Å². The molecule has 0 spiro atoms. The average Bonchev–Trinajstić information content (AvgIpc) is 2.30. The van der Waals surface area contributed by atoms with Gasteiger partial charge in [-0.2, -0.15) is 0 Å². The molecule has 1 aliphatic rings. The smallest absolute Gasteiger partial charge is 0.376 e. The molecule has 2 rings (SSSR count). The van der Waals surface area contributed by atoms with Crippen molar-refractivity contribution in [2.45, 2.75) is 25.6 Å². The van der Waals surface area contributed by atoms with Gasteiger partial charge in [0.25, 0.3) is 0 Å². The summed E-state index contributed by atoms with van der Waals surface area (Å²) in [4.78, 5) is 6.27. The predicted molar refractivity (Wildman–Crippen MR) is 61.6 cm³/mol. The lowest BCUT2D eigenvalue weighted by molar-refractivity contribution is 0.289. The monoisotopic (exact) mass is 204 g/mol. The molecule has 1 saturated heterocycles. The molecule has 0 amide bonds. The van der Waals surface area contributed by atoms with Crippen LogP contribution in [0.1, 0.15) is 24.3 Å². The van der Waals surface area contributed by atoms with Crippen LogP contribution in [0.25, 0.3) is 0 Å². The van der Waals surface area contributed by atoms with E-state index in [1.165, 1.54) is 5.56 Å². The molecule has 1 aromatic rings. The predicted octanol–water partition coefficient (Wildman–Crippen LogP) is 1.37. The molecule has 0 aliphatic carbocycles. The third-order valence-electron chi connectivity index (χ3n) is 3.21. The van der Waals surface area contributed by atoms with E-state index in [1.54, 1.807) is 0 Å². The minimum absolute atomic E-state index is 0.306. The molecule has 1 fully saturated rings. The maximum absolute atomic E-state index is 9.45. The van der Waals surface area contributed by atoms with E-state index in [-0.39, 0.29) is 7.05 Å². The van der Waals surface area contributed by atoms with Gasteiger partial charge >= 0.3 is 7.05 Å². The van der Waals surface area contributed by atoms with E-state index in [2.05, 4.69) is 15.9 Å². The van der Waals surface area contributed by atoms with Crippen molar-refractivity contribution in [3.05, 3.63) is 30.1 Å². The molecular formula is C11H17BN2O. The summed E-state index contributed by atoms with van der Waals surface area (Å²) in [6, 6.07) is 4.14. The molecule has 0 unspecified atom stereocenters. The van der Waals surface area contributed by atoms with Crippen molar-refractivity contribution in [2.75, 3.05) is 13.1 Å². The number of hydrogen-bond acceptors (Lipinski definition) is 3. The van der Waals surface area contributed by atoms with Crippen molar-refractivity contribution in [1.29, 1.82) is 0 Å². The van der Waals surface area contributed by atoms with Gasteiger partial charge < -0.3 is 9.83 Å². The third kappa shape index (κ3) is 2.58. The third-order valence-corrected chi connectivity index (χ3v) is 3.21. The Morgan fingerprint density at radius 1 is 1.47 bits per heavy atom. The van der Waals surface area contributed by atoms with Crippen LogP contribution in [0.3, 0.4) is 0 Å². The number of nitrogens with zero attached hydrogens (tertiary/aromatic N) is 2. The molecule has 2 heterocycles. The summed E-state index contributed by atoms with van der Waals surface area (Å²) in [5.41, 5.74) is 1.34. The molecule has 0 radical (unpaired) electrons. The maximum Gasteiger partial charge on any atom is 0.376 e. The summed E-state index contributed by atoms with van der Waals surface area (Å²) in [5, 5.41) is 9.45. The Hall–Kier alpha value is -0.865.